The standard InChI is InChI=1S/C20H24N4O/c1-3-24(19-6-4-5-16(2)13-19)12-11-22-20(25)15-23-18-9-7-17(14-21)8-10-18/h4-10,13,23H,3,11-12,15H2,1-2H3,(H,22,25). The Morgan fingerprint density at radius 2 is 1.96 bits per heavy atom. The predicted octanol–water partition coefficient (Wildman–Crippen LogP) is 2.92. The molecule has 0 aliphatic rings. The van der Waals surface area contributed by atoms with Gasteiger partial charge in [-0.2, -0.15) is 5.26 Å². The maximum Gasteiger partial charge on any atom is 0.239 e. The van der Waals surface area contributed by atoms with Crippen LogP contribution in [0.15, 0.2) is 48.5 Å². The molecular formula is C20H24N4O. The summed E-state index contributed by atoms with van der Waals surface area (Å²) < 4.78 is 0. The van der Waals surface area contributed by atoms with Crippen molar-refractivity contribution in [1.29, 1.82) is 5.26 Å². The highest BCUT2D eigenvalue weighted by molar-refractivity contribution is 5.80. The number of carbonyl (C=O) groups is 1. The fourth-order valence-corrected chi connectivity index (χ4v) is 2.53. The summed E-state index contributed by atoms with van der Waals surface area (Å²) in [7, 11) is 0. The first kappa shape index (κ1) is 18.3. The van der Waals surface area contributed by atoms with E-state index in [0.717, 1.165) is 18.8 Å². The average Bonchev–Trinajstić information content (AvgIpc) is 2.64. The number of rotatable bonds is 8. The molecule has 5 heteroatoms. The Kier molecular flexibility index (Phi) is 6.85. The number of nitrogens with one attached hydrogen (secondary N) is 2. The van der Waals surface area contributed by atoms with Crippen LogP contribution in [0, 0.1) is 18.3 Å². The van der Waals surface area contributed by atoms with E-state index in [-0.39, 0.29) is 12.5 Å². The van der Waals surface area contributed by atoms with E-state index < -0.39 is 0 Å². The van der Waals surface area contributed by atoms with Gasteiger partial charge in [0.2, 0.25) is 5.91 Å². The molecule has 0 heterocycles. The highest BCUT2D eigenvalue weighted by Gasteiger charge is 2.06. The number of likely N-dealkylation sites (N-methyl/N-ethyl adjacent to an activating group) is 1. The predicted molar refractivity (Wildman–Crippen MR) is 102 cm³/mol. The van der Waals surface area contributed by atoms with E-state index in [4.69, 9.17) is 5.26 Å². The van der Waals surface area contributed by atoms with Gasteiger partial charge in [0.15, 0.2) is 0 Å². The smallest absolute Gasteiger partial charge is 0.239 e. The normalized spacial score (nSPS) is 9.96. The molecule has 5 nitrogen and oxygen atoms in total. The van der Waals surface area contributed by atoms with Crippen LogP contribution in [-0.2, 0) is 4.79 Å². The molecule has 0 aliphatic carbocycles. The van der Waals surface area contributed by atoms with Crippen molar-refractivity contribution < 1.29 is 4.79 Å². The number of hydrogen-bond acceptors (Lipinski definition) is 4. The minimum Gasteiger partial charge on any atom is -0.376 e. The van der Waals surface area contributed by atoms with Crippen molar-refractivity contribution in [1.82, 2.24) is 5.32 Å². The molecule has 0 unspecified atom stereocenters. The van der Waals surface area contributed by atoms with Gasteiger partial charge in [0, 0.05) is 31.0 Å². The number of aryl methyl sites for hydroxylation is 1. The van der Waals surface area contributed by atoms with Crippen molar-refractivity contribution >= 4 is 17.3 Å². The van der Waals surface area contributed by atoms with Crippen LogP contribution in [0.25, 0.3) is 0 Å². The summed E-state index contributed by atoms with van der Waals surface area (Å²) in [6.07, 6.45) is 0. The minimum atomic E-state index is -0.0512. The number of benzene rings is 2. The monoisotopic (exact) mass is 336 g/mol. The van der Waals surface area contributed by atoms with Crippen molar-refractivity contribution in [3.05, 3.63) is 59.7 Å². The van der Waals surface area contributed by atoms with Gasteiger partial charge in [0.1, 0.15) is 0 Å². The number of carbonyl (C=O) groups excluding carboxylic acids is 1. The quantitative estimate of drug-likeness (QED) is 0.778. The van der Waals surface area contributed by atoms with Gasteiger partial charge in [-0.15, -0.1) is 0 Å². The molecule has 0 saturated heterocycles. The van der Waals surface area contributed by atoms with Crippen LogP contribution in [0.2, 0.25) is 0 Å². The van der Waals surface area contributed by atoms with Gasteiger partial charge in [0.25, 0.3) is 0 Å². The number of nitriles is 1. The van der Waals surface area contributed by atoms with Crippen molar-refractivity contribution in [2.24, 2.45) is 0 Å². The van der Waals surface area contributed by atoms with E-state index in [1.165, 1.54) is 11.3 Å². The molecule has 0 bridgehead atoms. The lowest BCUT2D eigenvalue weighted by atomic mass is 10.2. The summed E-state index contributed by atoms with van der Waals surface area (Å²) >= 11 is 0. The van der Waals surface area contributed by atoms with Crippen LogP contribution in [0.4, 0.5) is 11.4 Å². The van der Waals surface area contributed by atoms with E-state index >= 15 is 0 Å². The molecule has 2 aromatic rings. The van der Waals surface area contributed by atoms with Crippen molar-refractivity contribution in [3.63, 3.8) is 0 Å². The van der Waals surface area contributed by atoms with Crippen LogP contribution >= 0.6 is 0 Å². The van der Waals surface area contributed by atoms with Crippen LogP contribution < -0.4 is 15.5 Å². The van der Waals surface area contributed by atoms with Crippen LogP contribution in [0.3, 0.4) is 0 Å². The van der Waals surface area contributed by atoms with Crippen LogP contribution in [0.5, 0.6) is 0 Å². The van der Waals surface area contributed by atoms with E-state index in [0.29, 0.717) is 12.1 Å². The number of nitrogens with zero attached hydrogens (tertiary/aromatic N) is 2. The maximum absolute atomic E-state index is 12.0. The average molecular weight is 336 g/mol. The largest absolute Gasteiger partial charge is 0.376 e. The molecule has 130 valence electrons. The third-order valence-electron chi connectivity index (χ3n) is 3.92. The highest BCUT2D eigenvalue weighted by Crippen LogP contribution is 2.15. The second-order valence-corrected chi connectivity index (χ2v) is 5.81. The maximum atomic E-state index is 12.0. The SMILES string of the molecule is CCN(CCNC(=O)CNc1ccc(C#N)cc1)c1cccc(C)c1. The number of hydrogen-bond donors (Lipinski definition) is 2. The first-order valence-electron chi connectivity index (χ1n) is 8.44. The molecule has 0 radical (unpaired) electrons. The molecule has 1 amide bonds. The third kappa shape index (κ3) is 5.85. The van der Waals surface area contributed by atoms with Gasteiger partial charge < -0.3 is 15.5 Å². The van der Waals surface area contributed by atoms with Crippen molar-refractivity contribution in [2.75, 3.05) is 36.4 Å². The Morgan fingerprint density at radius 3 is 2.60 bits per heavy atom. The topological polar surface area (TPSA) is 68.2 Å². The summed E-state index contributed by atoms with van der Waals surface area (Å²) in [6.45, 7) is 6.65. The Morgan fingerprint density at radius 1 is 1.20 bits per heavy atom. The van der Waals surface area contributed by atoms with Crippen LogP contribution in [0.1, 0.15) is 18.1 Å². The summed E-state index contributed by atoms with van der Waals surface area (Å²) in [5.74, 6) is -0.0512. The van der Waals surface area contributed by atoms with Gasteiger partial charge >= 0.3 is 0 Å². The molecule has 2 aromatic carbocycles. The molecule has 2 N–H and O–H groups in total. The highest BCUT2D eigenvalue weighted by atomic mass is 16.1. The fourth-order valence-electron chi connectivity index (χ4n) is 2.53. The molecule has 0 aromatic heterocycles. The lowest BCUT2D eigenvalue weighted by Crippen LogP contribution is -2.37. The van der Waals surface area contributed by atoms with Gasteiger partial charge in [0.05, 0.1) is 18.2 Å². The fraction of sp³-hybridized carbons (Fsp3) is 0.300. The summed E-state index contributed by atoms with van der Waals surface area (Å²) in [5.41, 5.74) is 3.83. The zero-order chi connectivity index (χ0) is 18.1. The van der Waals surface area contributed by atoms with Gasteiger partial charge in [-0.05, 0) is 55.8 Å². The zero-order valence-electron chi connectivity index (χ0n) is 14.7. The van der Waals surface area contributed by atoms with Gasteiger partial charge in [-0.25, -0.2) is 0 Å². The van der Waals surface area contributed by atoms with Crippen LogP contribution in [-0.4, -0.2) is 32.1 Å². The molecule has 25 heavy (non-hydrogen) atoms. The molecule has 0 saturated carbocycles. The molecule has 0 spiro atoms. The minimum absolute atomic E-state index is 0.0512. The van der Waals surface area contributed by atoms with E-state index in [1.54, 1.807) is 24.3 Å². The Hall–Kier alpha value is -3.00. The summed E-state index contributed by atoms with van der Waals surface area (Å²) in [4.78, 5) is 14.2. The summed E-state index contributed by atoms with van der Waals surface area (Å²) in [6, 6.07) is 17.5. The molecule has 0 fully saturated rings. The van der Waals surface area contributed by atoms with Gasteiger partial charge in [-0.1, -0.05) is 12.1 Å². The lowest BCUT2D eigenvalue weighted by Gasteiger charge is -2.23. The Labute approximate surface area is 149 Å². The lowest BCUT2D eigenvalue weighted by molar-refractivity contribution is -0.119. The first-order chi connectivity index (χ1) is 12.1. The first-order valence-corrected chi connectivity index (χ1v) is 8.44. The second-order valence-electron chi connectivity index (χ2n) is 5.81. The van der Waals surface area contributed by atoms with E-state index in [2.05, 4.69) is 53.6 Å². The molecule has 0 aliphatic heterocycles. The summed E-state index contributed by atoms with van der Waals surface area (Å²) in [5, 5.41) is 14.7. The molecule has 2 rings (SSSR count). The third-order valence-corrected chi connectivity index (χ3v) is 3.92. The van der Waals surface area contributed by atoms with E-state index in [9.17, 15) is 4.79 Å². The molecule has 0 atom stereocenters. The second kappa shape index (κ2) is 9.33. The van der Waals surface area contributed by atoms with Crippen molar-refractivity contribution in [2.45, 2.75) is 13.8 Å². The molecular weight excluding hydrogens is 312 g/mol. The number of amides is 1. The van der Waals surface area contributed by atoms with E-state index in [1.807, 2.05) is 6.07 Å². The Bertz CT molecular complexity index is 734. The Balaban J connectivity index is 1.74. The van der Waals surface area contributed by atoms with Gasteiger partial charge in [-0.3, -0.25) is 4.79 Å². The number of anilines is 2. The van der Waals surface area contributed by atoms with Crippen molar-refractivity contribution in [3.8, 4) is 6.07 Å². The zero-order valence-corrected chi connectivity index (χ0v) is 14.7.